The van der Waals surface area contributed by atoms with Gasteiger partial charge in [0.1, 0.15) is 12.3 Å². The van der Waals surface area contributed by atoms with Crippen LogP contribution in [0.5, 0.6) is 0 Å². The Bertz CT molecular complexity index is 678. The van der Waals surface area contributed by atoms with Crippen molar-refractivity contribution in [2.45, 2.75) is 30.9 Å². The third kappa shape index (κ3) is 5.17. The predicted octanol–water partition coefficient (Wildman–Crippen LogP) is 1.99. The van der Waals surface area contributed by atoms with Crippen LogP contribution >= 0.6 is 11.8 Å². The average Bonchev–Trinajstić information content (AvgIpc) is 3.11. The summed E-state index contributed by atoms with van der Waals surface area (Å²) in [6.45, 7) is 3.31. The zero-order valence-corrected chi connectivity index (χ0v) is 14.1. The van der Waals surface area contributed by atoms with Crippen LogP contribution in [0, 0.1) is 0 Å². The maximum Gasteiger partial charge on any atom is 0.325 e. The molecule has 0 aliphatic heterocycles. The molecule has 0 aliphatic rings. The van der Waals surface area contributed by atoms with Crippen molar-refractivity contribution in [3.05, 3.63) is 36.0 Å². The van der Waals surface area contributed by atoms with Gasteiger partial charge in [-0.3, -0.25) is 9.59 Å². The van der Waals surface area contributed by atoms with Crippen LogP contribution in [0.15, 0.2) is 34.1 Å². The van der Waals surface area contributed by atoms with Gasteiger partial charge in [0, 0.05) is 19.4 Å². The molecule has 0 fully saturated rings. The molecule has 0 aromatic carbocycles. The second-order valence-corrected chi connectivity index (χ2v) is 6.04. The molecule has 1 N–H and O–H groups in total. The summed E-state index contributed by atoms with van der Waals surface area (Å²) in [5.41, 5.74) is 0. The van der Waals surface area contributed by atoms with E-state index in [1.54, 1.807) is 32.2 Å². The van der Waals surface area contributed by atoms with Crippen LogP contribution < -0.4 is 5.32 Å². The Morgan fingerprint density at radius 3 is 2.87 bits per heavy atom. The Labute approximate surface area is 138 Å². The summed E-state index contributed by atoms with van der Waals surface area (Å²) in [7, 11) is 1.91. The van der Waals surface area contributed by atoms with E-state index in [4.69, 9.17) is 9.15 Å². The van der Waals surface area contributed by atoms with Gasteiger partial charge in [-0.2, -0.15) is 0 Å². The Hall–Kier alpha value is -2.22. The van der Waals surface area contributed by atoms with Crippen LogP contribution in [0.2, 0.25) is 0 Å². The third-order valence-corrected chi connectivity index (χ3v) is 3.85. The summed E-state index contributed by atoms with van der Waals surface area (Å²) >= 11 is 1.51. The number of ether oxygens (including phenoxy) is 1. The summed E-state index contributed by atoms with van der Waals surface area (Å²) in [5.74, 6) is 0.461. The van der Waals surface area contributed by atoms with Gasteiger partial charge in [-0.1, -0.05) is 11.8 Å². The number of aromatic nitrogens is 2. The zero-order chi connectivity index (χ0) is 16.8. The Morgan fingerprint density at radius 1 is 1.43 bits per heavy atom. The van der Waals surface area contributed by atoms with Gasteiger partial charge < -0.3 is 19.0 Å². The van der Waals surface area contributed by atoms with E-state index in [0.29, 0.717) is 11.5 Å². The largest absolute Gasteiger partial charge is 0.462 e. The number of hydrogen-bond acceptors (Lipinski definition) is 6. The van der Waals surface area contributed by atoms with Crippen molar-refractivity contribution in [3.63, 3.8) is 0 Å². The molecule has 0 saturated heterocycles. The van der Waals surface area contributed by atoms with Crippen LogP contribution in [0.4, 0.5) is 0 Å². The van der Waals surface area contributed by atoms with E-state index < -0.39 is 11.9 Å². The molecule has 8 heteroatoms. The van der Waals surface area contributed by atoms with E-state index in [9.17, 15) is 9.59 Å². The minimum atomic E-state index is -0.481. The van der Waals surface area contributed by atoms with Crippen molar-refractivity contribution in [1.82, 2.24) is 14.9 Å². The number of imidazole rings is 1. The molecule has 2 aromatic heterocycles. The average molecular weight is 337 g/mol. The number of esters is 1. The number of carbonyl (C=O) groups excluding carboxylic acids is 2. The number of nitrogens with zero attached hydrogens (tertiary/aromatic N) is 2. The summed E-state index contributed by atoms with van der Waals surface area (Å²) in [5, 5.41) is 3.33. The maximum absolute atomic E-state index is 11.9. The molecule has 0 bridgehead atoms. The van der Waals surface area contributed by atoms with Crippen molar-refractivity contribution >= 4 is 23.6 Å². The van der Waals surface area contributed by atoms with Crippen LogP contribution in [0.3, 0.4) is 0 Å². The molecule has 7 nitrogen and oxygen atoms in total. The van der Waals surface area contributed by atoms with E-state index in [1.165, 1.54) is 11.8 Å². The van der Waals surface area contributed by atoms with Crippen LogP contribution in [-0.2, 0) is 22.3 Å². The van der Waals surface area contributed by atoms with Crippen molar-refractivity contribution in [2.75, 3.05) is 6.54 Å². The van der Waals surface area contributed by atoms with Gasteiger partial charge in [-0.15, -0.1) is 0 Å². The lowest BCUT2D eigenvalue weighted by Crippen LogP contribution is -2.31. The van der Waals surface area contributed by atoms with E-state index in [-0.39, 0.29) is 18.4 Å². The first-order valence-electron chi connectivity index (χ1n) is 7.12. The summed E-state index contributed by atoms with van der Waals surface area (Å²) in [6, 6.07) is 3.31. The minimum Gasteiger partial charge on any atom is -0.462 e. The molecule has 1 amide bonds. The molecule has 2 rings (SSSR count). The summed E-state index contributed by atoms with van der Waals surface area (Å²) in [6.07, 6.45) is 3.37. The van der Waals surface area contributed by atoms with Crippen LogP contribution in [0.1, 0.15) is 30.2 Å². The lowest BCUT2D eigenvalue weighted by molar-refractivity contribution is -0.146. The molecule has 2 heterocycles. The molecule has 0 spiro atoms. The molecule has 23 heavy (non-hydrogen) atoms. The fraction of sp³-hybridized carbons (Fsp3) is 0.400. The molecule has 0 unspecified atom stereocenters. The van der Waals surface area contributed by atoms with Gasteiger partial charge in [0.15, 0.2) is 10.9 Å². The van der Waals surface area contributed by atoms with Crippen molar-refractivity contribution in [2.24, 2.45) is 7.05 Å². The van der Waals surface area contributed by atoms with Gasteiger partial charge >= 0.3 is 5.97 Å². The maximum atomic E-state index is 11.9. The highest BCUT2D eigenvalue weighted by Gasteiger charge is 2.14. The first-order chi connectivity index (χ1) is 11.0. The summed E-state index contributed by atoms with van der Waals surface area (Å²) in [4.78, 5) is 27.5. The topological polar surface area (TPSA) is 86.4 Å². The first kappa shape index (κ1) is 17.1. The number of thioether (sulfide) groups is 1. The van der Waals surface area contributed by atoms with E-state index >= 15 is 0 Å². The number of amides is 1. The highest BCUT2D eigenvalue weighted by atomic mass is 32.2. The SMILES string of the molecule is CC(C)OC(=O)CNC(=O)c1ccc(CSc2nccn2C)o1. The van der Waals surface area contributed by atoms with Gasteiger partial charge in [-0.25, -0.2) is 4.98 Å². The molecule has 0 atom stereocenters. The summed E-state index contributed by atoms with van der Waals surface area (Å²) < 4.78 is 12.3. The number of carbonyl (C=O) groups is 2. The fourth-order valence-electron chi connectivity index (χ4n) is 1.75. The van der Waals surface area contributed by atoms with Crippen molar-refractivity contribution < 1.29 is 18.7 Å². The number of nitrogens with one attached hydrogen (secondary N) is 1. The quantitative estimate of drug-likeness (QED) is 0.614. The molecular weight excluding hydrogens is 318 g/mol. The molecule has 124 valence electrons. The second-order valence-electron chi connectivity index (χ2n) is 5.10. The first-order valence-corrected chi connectivity index (χ1v) is 8.10. The third-order valence-electron chi connectivity index (χ3n) is 2.77. The Kier molecular flexibility index (Phi) is 5.86. The highest BCUT2D eigenvalue weighted by Crippen LogP contribution is 2.21. The van der Waals surface area contributed by atoms with Gasteiger partial charge in [0.05, 0.1) is 11.9 Å². The smallest absolute Gasteiger partial charge is 0.325 e. The predicted molar refractivity (Wildman–Crippen MR) is 85.0 cm³/mol. The lowest BCUT2D eigenvalue weighted by Gasteiger charge is -2.07. The van der Waals surface area contributed by atoms with Crippen molar-refractivity contribution in [1.29, 1.82) is 0 Å². The normalized spacial score (nSPS) is 10.8. The van der Waals surface area contributed by atoms with Crippen LogP contribution in [-0.4, -0.2) is 34.1 Å². The van der Waals surface area contributed by atoms with E-state index in [2.05, 4.69) is 10.3 Å². The number of rotatable bonds is 7. The Balaban J connectivity index is 1.82. The Morgan fingerprint density at radius 2 is 2.22 bits per heavy atom. The number of furan rings is 1. The lowest BCUT2D eigenvalue weighted by atomic mass is 10.4. The van der Waals surface area contributed by atoms with Crippen molar-refractivity contribution in [3.8, 4) is 0 Å². The van der Waals surface area contributed by atoms with E-state index in [1.807, 2.05) is 17.8 Å². The molecule has 2 aromatic rings. The number of aryl methyl sites for hydroxylation is 1. The fourth-order valence-corrected chi connectivity index (χ4v) is 2.57. The minimum absolute atomic E-state index is 0.165. The van der Waals surface area contributed by atoms with E-state index in [0.717, 1.165) is 5.16 Å². The standard InChI is InChI=1S/C15H19N3O4S/c1-10(2)21-13(19)8-17-14(20)12-5-4-11(22-12)9-23-15-16-6-7-18(15)3/h4-7,10H,8-9H2,1-3H3,(H,17,20). The second kappa shape index (κ2) is 7.87. The number of hydrogen-bond donors (Lipinski definition) is 1. The molecule has 0 radical (unpaired) electrons. The van der Waals surface area contributed by atoms with Gasteiger partial charge in [0.2, 0.25) is 0 Å². The molecular formula is C15H19N3O4S. The van der Waals surface area contributed by atoms with Gasteiger partial charge in [0.25, 0.3) is 5.91 Å². The molecule has 0 aliphatic carbocycles. The highest BCUT2D eigenvalue weighted by molar-refractivity contribution is 7.98. The van der Waals surface area contributed by atoms with Gasteiger partial charge in [-0.05, 0) is 26.0 Å². The van der Waals surface area contributed by atoms with Crippen LogP contribution in [0.25, 0.3) is 0 Å². The monoisotopic (exact) mass is 337 g/mol. The zero-order valence-electron chi connectivity index (χ0n) is 13.2. The molecule has 0 saturated carbocycles.